The normalized spacial score (nSPS) is 16.2. The summed E-state index contributed by atoms with van der Waals surface area (Å²) in [4.78, 5) is 11.8. The molecule has 1 atom stereocenters. The number of amides is 1. The van der Waals surface area contributed by atoms with Crippen molar-refractivity contribution >= 4 is 18.3 Å². The Labute approximate surface area is 107 Å². The number of nitrogens with one attached hydrogen (secondary N) is 1. The molecule has 96 valence electrons. The molecule has 3 N–H and O–H groups in total. The maximum Gasteiger partial charge on any atom is 0.254 e. The molecule has 1 heterocycles. The van der Waals surface area contributed by atoms with Crippen LogP contribution in [0.5, 0.6) is 0 Å². The van der Waals surface area contributed by atoms with Crippen LogP contribution < -0.4 is 11.1 Å². The molecular weight excluding hydrogens is 240 g/mol. The fourth-order valence-electron chi connectivity index (χ4n) is 1.82. The topological polar surface area (TPSA) is 72.9 Å². The molecule has 1 saturated carbocycles. The van der Waals surface area contributed by atoms with Crippen LogP contribution in [0, 0.1) is 12.8 Å². The van der Waals surface area contributed by atoms with Gasteiger partial charge in [-0.05, 0) is 25.7 Å². The largest absolute Gasteiger partial charge is 0.350 e. The second-order valence-corrected chi connectivity index (χ2v) is 4.51. The van der Waals surface area contributed by atoms with Crippen LogP contribution in [0.2, 0.25) is 0 Å². The first kappa shape index (κ1) is 14.0. The number of rotatable bonds is 4. The zero-order valence-corrected chi connectivity index (χ0v) is 11.0. The molecular formula is C11H19ClN4O. The van der Waals surface area contributed by atoms with Crippen LogP contribution in [-0.2, 0) is 7.05 Å². The Balaban J connectivity index is 0.00000144. The average molecular weight is 259 g/mol. The van der Waals surface area contributed by atoms with E-state index in [1.807, 2.05) is 6.92 Å². The van der Waals surface area contributed by atoms with Gasteiger partial charge in [0.15, 0.2) is 0 Å². The lowest BCUT2D eigenvalue weighted by atomic mass is 10.2. The summed E-state index contributed by atoms with van der Waals surface area (Å²) in [7, 11) is 1.81. The van der Waals surface area contributed by atoms with Crippen molar-refractivity contribution in [1.82, 2.24) is 15.1 Å². The van der Waals surface area contributed by atoms with Crippen molar-refractivity contribution in [2.75, 3.05) is 6.54 Å². The molecule has 0 radical (unpaired) electrons. The van der Waals surface area contributed by atoms with E-state index in [0.717, 1.165) is 5.69 Å². The number of hydrogen-bond acceptors (Lipinski definition) is 3. The third kappa shape index (κ3) is 3.44. The standard InChI is InChI=1S/C11H18N4O.ClH/c1-7-9(6-15(2)14-7)11(16)13-5-10(12)8-3-4-8;/h6,8,10H,3-5,12H2,1-2H3,(H,13,16);1H. The highest BCUT2D eigenvalue weighted by molar-refractivity contribution is 5.95. The highest BCUT2D eigenvalue weighted by atomic mass is 35.5. The van der Waals surface area contributed by atoms with Gasteiger partial charge in [-0.3, -0.25) is 9.48 Å². The number of hydrogen-bond donors (Lipinski definition) is 2. The van der Waals surface area contributed by atoms with Crippen molar-refractivity contribution in [3.05, 3.63) is 17.5 Å². The second kappa shape index (κ2) is 5.51. The van der Waals surface area contributed by atoms with Crippen molar-refractivity contribution in [3.8, 4) is 0 Å². The highest BCUT2D eigenvalue weighted by Crippen LogP contribution is 2.31. The van der Waals surface area contributed by atoms with Gasteiger partial charge in [-0.25, -0.2) is 0 Å². The summed E-state index contributed by atoms with van der Waals surface area (Å²) >= 11 is 0. The number of aromatic nitrogens is 2. The molecule has 0 saturated heterocycles. The van der Waals surface area contributed by atoms with Gasteiger partial charge in [0.05, 0.1) is 11.3 Å². The Hall–Kier alpha value is -1.07. The van der Waals surface area contributed by atoms with E-state index >= 15 is 0 Å². The molecule has 0 spiro atoms. The monoisotopic (exact) mass is 258 g/mol. The van der Waals surface area contributed by atoms with Gasteiger partial charge in [0.2, 0.25) is 0 Å². The maximum atomic E-state index is 11.8. The van der Waals surface area contributed by atoms with Crippen molar-refractivity contribution in [2.45, 2.75) is 25.8 Å². The van der Waals surface area contributed by atoms with Gasteiger partial charge in [-0.2, -0.15) is 5.10 Å². The molecule has 0 aromatic carbocycles. The SMILES string of the molecule is Cc1nn(C)cc1C(=O)NCC(N)C1CC1.Cl. The summed E-state index contributed by atoms with van der Waals surface area (Å²) in [5, 5.41) is 6.99. The minimum absolute atomic E-state index is 0. The van der Waals surface area contributed by atoms with Crippen LogP contribution in [0.4, 0.5) is 0 Å². The van der Waals surface area contributed by atoms with Crippen LogP contribution in [0.15, 0.2) is 6.20 Å². The smallest absolute Gasteiger partial charge is 0.254 e. The molecule has 1 amide bonds. The van der Waals surface area contributed by atoms with Crippen molar-refractivity contribution in [1.29, 1.82) is 0 Å². The number of carbonyl (C=O) groups excluding carboxylic acids is 1. The van der Waals surface area contributed by atoms with E-state index in [2.05, 4.69) is 10.4 Å². The molecule has 17 heavy (non-hydrogen) atoms. The van der Waals surface area contributed by atoms with E-state index in [1.165, 1.54) is 12.8 Å². The molecule has 1 aromatic rings. The lowest BCUT2D eigenvalue weighted by molar-refractivity contribution is 0.0949. The van der Waals surface area contributed by atoms with Crippen molar-refractivity contribution < 1.29 is 4.79 Å². The van der Waals surface area contributed by atoms with Crippen LogP contribution in [-0.4, -0.2) is 28.3 Å². The summed E-state index contributed by atoms with van der Waals surface area (Å²) in [6.45, 7) is 2.38. The summed E-state index contributed by atoms with van der Waals surface area (Å²) in [5.74, 6) is 0.525. The molecule has 1 aliphatic carbocycles. The first-order valence-electron chi connectivity index (χ1n) is 5.62. The van der Waals surface area contributed by atoms with Crippen LogP contribution in [0.1, 0.15) is 28.9 Å². The minimum Gasteiger partial charge on any atom is -0.350 e. The molecule has 1 aliphatic rings. The van der Waals surface area contributed by atoms with Gasteiger partial charge >= 0.3 is 0 Å². The van der Waals surface area contributed by atoms with Crippen LogP contribution >= 0.6 is 12.4 Å². The summed E-state index contributed by atoms with van der Waals surface area (Å²) in [5.41, 5.74) is 7.29. The second-order valence-electron chi connectivity index (χ2n) is 4.51. The molecule has 5 nitrogen and oxygen atoms in total. The molecule has 0 aliphatic heterocycles. The highest BCUT2D eigenvalue weighted by Gasteiger charge is 2.28. The quantitative estimate of drug-likeness (QED) is 0.832. The zero-order chi connectivity index (χ0) is 11.7. The molecule has 1 aromatic heterocycles. The maximum absolute atomic E-state index is 11.8. The van der Waals surface area contributed by atoms with E-state index in [1.54, 1.807) is 17.9 Å². The Morgan fingerprint density at radius 1 is 1.71 bits per heavy atom. The van der Waals surface area contributed by atoms with Gasteiger partial charge in [0, 0.05) is 25.8 Å². The number of halogens is 1. The molecule has 1 fully saturated rings. The number of nitrogens with zero attached hydrogens (tertiary/aromatic N) is 2. The molecule has 1 unspecified atom stereocenters. The Morgan fingerprint density at radius 3 is 2.82 bits per heavy atom. The van der Waals surface area contributed by atoms with Gasteiger partial charge in [-0.1, -0.05) is 0 Å². The van der Waals surface area contributed by atoms with Gasteiger partial charge in [0.25, 0.3) is 5.91 Å². The van der Waals surface area contributed by atoms with Gasteiger partial charge in [0.1, 0.15) is 0 Å². The summed E-state index contributed by atoms with van der Waals surface area (Å²) in [6, 6.07) is 0.0981. The average Bonchev–Trinajstić information content (AvgIpc) is 3.01. The Morgan fingerprint density at radius 2 is 2.35 bits per heavy atom. The van der Waals surface area contributed by atoms with Gasteiger partial charge in [-0.15, -0.1) is 12.4 Å². The third-order valence-electron chi connectivity index (χ3n) is 2.98. The molecule has 2 rings (SSSR count). The fraction of sp³-hybridized carbons (Fsp3) is 0.636. The minimum atomic E-state index is -0.0818. The third-order valence-corrected chi connectivity index (χ3v) is 2.98. The molecule has 0 bridgehead atoms. The zero-order valence-electron chi connectivity index (χ0n) is 10.1. The van der Waals surface area contributed by atoms with Crippen LogP contribution in [0.3, 0.4) is 0 Å². The van der Waals surface area contributed by atoms with Crippen molar-refractivity contribution in [2.24, 2.45) is 18.7 Å². The van der Waals surface area contributed by atoms with Crippen LogP contribution in [0.25, 0.3) is 0 Å². The summed E-state index contributed by atoms with van der Waals surface area (Å²) in [6.07, 6.45) is 4.12. The predicted molar refractivity (Wildman–Crippen MR) is 68.2 cm³/mol. The van der Waals surface area contributed by atoms with E-state index in [4.69, 9.17) is 5.73 Å². The Bertz CT molecular complexity index is 400. The lowest BCUT2D eigenvalue weighted by Gasteiger charge is -2.10. The first-order valence-corrected chi connectivity index (χ1v) is 5.62. The molecule has 6 heteroatoms. The first-order chi connectivity index (χ1) is 7.58. The predicted octanol–water partition coefficient (Wildman–Crippen LogP) is 0.617. The number of aryl methyl sites for hydroxylation is 2. The van der Waals surface area contributed by atoms with Gasteiger partial charge < -0.3 is 11.1 Å². The van der Waals surface area contributed by atoms with E-state index in [9.17, 15) is 4.79 Å². The van der Waals surface area contributed by atoms with E-state index < -0.39 is 0 Å². The van der Waals surface area contributed by atoms with E-state index in [-0.39, 0.29) is 24.4 Å². The summed E-state index contributed by atoms with van der Waals surface area (Å²) < 4.78 is 1.64. The number of carbonyl (C=O) groups is 1. The van der Waals surface area contributed by atoms with E-state index in [0.29, 0.717) is 18.0 Å². The number of nitrogens with two attached hydrogens (primary N) is 1. The lowest BCUT2D eigenvalue weighted by Crippen LogP contribution is -2.38. The fourth-order valence-corrected chi connectivity index (χ4v) is 1.82. The van der Waals surface area contributed by atoms with Crippen molar-refractivity contribution in [3.63, 3.8) is 0 Å². The Kier molecular flexibility index (Phi) is 4.54.